The van der Waals surface area contributed by atoms with E-state index in [1.54, 1.807) is 0 Å². The van der Waals surface area contributed by atoms with Crippen LogP contribution in [0.4, 0.5) is 11.5 Å². The van der Waals surface area contributed by atoms with Crippen LogP contribution in [0.1, 0.15) is 0 Å². The standard InChI is InChI=1S/C5H3IN4O/c6-5-9-2-3(10-5)7-1-8-4(2)11/h1,9H,(H,7,8,11)/q+1. The second-order valence-electron chi connectivity index (χ2n) is 1.92. The Hall–Kier alpha value is -0.920. The summed E-state index contributed by atoms with van der Waals surface area (Å²) in [5.41, 5.74) is 0.483. The molecule has 55 valence electrons. The van der Waals surface area contributed by atoms with E-state index in [1.807, 2.05) is 22.6 Å². The lowest BCUT2D eigenvalue weighted by molar-refractivity contribution is 0.455. The number of nitrogens with zero attached hydrogens (tertiary/aromatic N) is 3. The van der Waals surface area contributed by atoms with Crippen LogP contribution in [-0.2, 0) is 0 Å². The largest absolute Gasteiger partial charge is 0.491 e. The van der Waals surface area contributed by atoms with E-state index in [0.717, 1.165) is 0 Å². The van der Waals surface area contributed by atoms with Crippen molar-refractivity contribution in [2.24, 2.45) is 0 Å². The fourth-order valence-corrected chi connectivity index (χ4v) is 1.29. The topological polar surface area (TPSA) is 72.1 Å². The number of halogens is 1. The zero-order chi connectivity index (χ0) is 7.84. The molecule has 0 aromatic carbocycles. The smallest absolute Gasteiger partial charge is 0.344 e. The number of fused-ring (bicyclic) bond motifs is 1. The van der Waals surface area contributed by atoms with Gasteiger partial charge in [-0.1, -0.05) is 9.98 Å². The minimum Gasteiger partial charge on any atom is -0.491 e. The fraction of sp³-hybridized carbons (Fsp3) is 0. The first kappa shape index (κ1) is 6.77. The van der Waals surface area contributed by atoms with Crippen LogP contribution in [-0.4, -0.2) is 18.9 Å². The van der Waals surface area contributed by atoms with Crippen molar-refractivity contribution < 1.29 is 5.11 Å². The molecule has 1 aromatic heterocycles. The number of hydrogen-bond donors (Lipinski definition) is 2. The van der Waals surface area contributed by atoms with Gasteiger partial charge in [0, 0.05) is 22.6 Å². The van der Waals surface area contributed by atoms with Crippen LogP contribution in [0, 0.1) is 0 Å². The molecule has 6 heteroatoms. The molecule has 11 heavy (non-hydrogen) atoms. The molecule has 0 unspecified atom stereocenters. The lowest BCUT2D eigenvalue weighted by Crippen LogP contribution is -1.99. The number of hydrogen-bond acceptors (Lipinski definition) is 5. The molecule has 1 aromatic rings. The number of aromatic hydroxyl groups is 1. The van der Waals surface area contributed by atoms with Crippen molar-refractivity contribution >= 4 is 37.9 Å². The van der Waals surface area contributed by atoms with Crippen LogP contribution in [0.25, 0.3) is 0 Å². The zero-order valence-electron chi connectivity index (χ0n) is 5.24. The predicted octanol–water partition coefficient (Wildman–Crippen LogP) is 0.366. The molecule has 2 rings (SSSR count). The van der Waals surface area contributed by atoms with E-state index in [2.05, 4.69) is 20.3 Å². The summed E-state index contributed by atoms with van der Waals surface area (Å²) in [6, 6.07) is 0. The van der Waals surface area contributed by atoms with Gasteiger partial charge in [0.15, 0.2) is 6.33 Å². The predicted molar refractivity (Wildman–Crippen MR) is 48.1 cm³/mol. The van der Waals surface area contributed by atoms with E-state index in [1.165, 1.54) is 6.33 Å². The van der Waals surface area contributed by atoms with Crippen molar-refractivity contribution in [1.82, 2.24) is 15.0 Å². The van der Waals surface area contributed by atoms with Gasteiger partial charge < -0.3 is 5.11 Å². The molecule has 0 fully saturated rings. The number of nitrogens with one attached hydrogen (secondary N) is 1. The quantitative estimate of drug-likeness (QED) is 0.523. The second kappa shape index (κ2) is 2.29. The number of rotatable bonds is 0. The third-order valence-electron chi connectivity index (χ3n) is 1.24. The molecule has 1 aliphatic heterocycles. The van der Waals surface area contributed by atoms with Crippen LogP contribution in [0.2, 0.25) is 0 Å². The molecule has 2 heterocycles. The van der Waals surface area contributed by atoms with Gasteiger partial charge in [-0.05, 0) is 0 Å². The van der Waals surface area contributed by atoms with Crippen LogP contribution in [0.5, 0.6) is 5.88 Å². The molecular formula is C5H3IN4O+. The van der Waals surface area contributed by atoms with Crippen molar-refractivity contribution in [3.63, 3.8) is 0 Å². The molecule has 1 aliphatic rings. The Balaban J connectivity index is 2.59. The first-order valence-electron chi connectivity index (χ1n) is 2.82. The van der Waals surface area contributed by atoms with Crippen LogP contribution >= 0.6 is 22.6 Å². The van der Waals surface area contributed by atoms with E-state index in [4.69, 9.17) is 5.11 Å². The fourth-order valence-electron chi connectivity index (χ4n) is 0.788. The van der Waals surface area contributed by atoms with Crippen LogP contribution in [0.3, 0.4) is 0 Å². The SMILES string of the molecule is Oc1ncnc2c1NC(I)=[N+]2. The molecular weight excluding hydrogens is 259 g/mol. The molecule has 0 aliphatic carbocycles. The first-order chi connectivity index (χ1) is 5.27. The summed E-state index contributed by atoms with van der Waals surface area (Å²) < 4.78 is 0.688. The maximum atomic E-state index is 9.16. The van der Waals surface area contributed by atoms with Gasteiger partial charge in [-0.25, -0.2) is 0 Å². The summed E-state index contributed by atoms with van der Waals surface area (Å²) in [6.07, 6.45) is 1.27. The summed E-state index contributed by atoms with van der Waals surface area (Å²) in [4.78, 5) is 11.4. The number of anilines is 1. The van der Waals surface area contributed by atoms with Crippen molar-refractivity contribution in [2.45, 2.75) is 0 Å². The third kappa shape index (κ3) is 1.02. The van der Waals surface area contributed by atoms with Gasteiger partial charge in [-0.2, -0.15) is 4.98 Å². The lowest BCUT2D eigenvalue weighted by atomic mass is 10.5. The number of aliphatic imine (C=N–C) groups is 1. The minimum absolute atomic E-state index is 0.0644. The Morgan fingerprint density at radius 1 is 1.55 bits per heavy atom. The highest BCUT2D eigenvalue weighted by molar-refractivity contribution is 14.1. The molecule has 0 bridgehead atoms. The lowest BCUT2D eigenvalue weighted by Gasteiger charge is -1.90. The maximum absolute atomic E-state index is 9.16. The summed E-state index contributed by atoms with van der Waals surface area (Å²) in [5.74, 6) is 0.423. The maximum Gasteiger partial charge on any atom is 0.344 e. The first-order valence-corrected chi connectivity index (χ1v) is 3.90. The van der Waals surface area contributed by atoms with E-state index >= 15 is 0 Å². The highest BCUT2D eigenvalue weighted by Gasteiger charge is 2.26. The van der Waals surface area contributed by atoms with E-state index < -0.39 is 0 Å². The van der Waals surface area contributed by atoms with Crippen molar-refractivity contribution in [3.05, 3.63) is 6.33 Å². The van der Waals surface area contributed by atoms with Gasteiger partial charge in [-0.15, -0.1) is 0 Å². The molecule has 2 N–H and O–H groups in total. The molecule has 0 saturated heterocycles. The number of amidine groups is 1. The average molecular weight is 262 g/mol. The Labute approximate surface area is 75.7 Å². The van der Waals surface area contributed by atoms with Gasteiger partial charge in [0.1, 0.15) is 0 Å². The second-order valence-corrected chi connectivity index (χ2v) is 2.95. The molecule has 5 nitrogen and oxygen atoms in total. The van der Waals surface area contributed by atoms with Gasteiger partial charge >= 0.3 is 5.82 Å². The van der Waals surface area contributed by atoms with Crippen molar-refractivity contribution in [1.29, 1.82) is 0 Å². The number of aromatic nitrogens is 2. The van der Waals surface area contributed by atoms with Crippen molar-refractivity contribution in [3.8, 4) is 5.88 Å². The van der Waals surface area contributed by atoms with Crippen LogP contribution < -0.4 is 10.3 Å². The van der Waals surface area contributed by atoms with E-state index in [9.17, 15) is 0 Å². The molecule has 0 atom stereocenters. The van der Waals surface area contributed by atoms with Crippen LogP contribution in [0.15, 0.2) is 6.33 Å². The van der Waals surface area contributed by atoms with Gasteiger partial charge in [0.2, 0.25) is 5.69 Å². The summed E-state index contributed by atoms with van der Waals surface area (Å²) in [6.45, 7) is 0. The summed E-state index contributed by atoms with van der Waals surface area (Å²) in [7, 11) is 0. The van der Waals surface area contributed by atoms with Gasteiger partial charge in [0.05, 0.1) is 0 Å². The van der Waals surface area contributed by atoms with Gasteiger partial charge in [-0.3, -0.25) is 5.32 Å². The van der Waals surface area contributed by atoms with E-state index in [0.29, 0.717) is 15.3 Å². The normalized spacial score (nSPS) is 13.7. The average Bonchev–Trinajstić information content (AvgIpc) is 2.31. The zero-order valence-corrected chi connectivity index (χ0v) is 7.40. The van der Waals surface area contributed by atoms with Crippen molar-refractivity contribution in [2.75, 3.05) is 5.32 Å². The Kier molecular flexibility index (Phi) is 1.41. The highest BCUT2D eigenvalue weighted by atomic mass is 127. The molecule has 1 radical (unpaired) electrons. The van der Waals surface area contributed by atoms with Gasteiger partial charge in [0.25, 0.3) is 9.72 Å². The molecule has 0 spiro atoms. The third-order valence-corrected chi connectivity index (χ3v) is 1.75. The Morgan fingerprint density at radius 2 is 2.36 bits per heavy atom. The monoisotopic (exact) mass is 262 g/mol. The molecule has 0 amide bonds. The Morgan fingerprint density at radius 3 is 3.09 bits per heavy atom. The highest BCUT2D eigenvalue weighted by Crippen LogP contribution is 2.30. The minimum atomic E-state index is -0.0644. The van der Waals surface area contributed by atoms with E-state index in [-0.39, 0.29) is 5.88 Å². The summed E-state index contributed by atoms with van der Waals surface area (Å²) >= 11 is 2.00. The summed E-state index contributed by atoms with van der Waals surface area (Å²) in [5, 5.41) is 12.0. The Bertz CT molecular complexity index is 337. The molecule has 0 saturated carbocycles.